The minimum Gasteiger partial charge on any atom is -0.478 e. The maximum Gasteiger partial charge on any atom is 0.335 e. The largest absolute Gasteiger partial charge is 0.478 e. The van der Waals surface area contributed by atoms with E-state index in [1.165, 1.54) is 78.1 Å². The lowest BCUT2D eigenvalue weighted by Crippen LogP contribution is -2.37. The minimum absolute atomic E-state index is 0.358. The molecule has 172 valence electrons. The maximum atomic E-state index is 11.4. The van der Waals surface area contributed by atoms with Crippen molar-refractivity contribution >= 4 is 16.9 Å². The van der Waals surface area contributed by atoms with Gasteiger partial charge in [-0.1, -0.05) is 18.2 Å². The smallest absolute Gasteiger partial charge is 0.335 e. The number of rotatable bonds is 7. The lowest BCUT2D eigenvalue weighted by molar-refractivity contribution is 0.0696. The molecule has 3 fully saturated rings. The van der Waals surface area contributed by atoms with Crippen molar-refractivity contribution in [3.05, 3.63) is 70.4 Å². The van der Waals surface area contributed by atoms with Crippen LogP contribution in [0.15, 0.2) is 42.6 Å². The summed E-state index contributed by atoms with van der Waals surface area (Å²) in [7, 11) is 0. The fourth-order valence-corrected chi connectivity index (χ4v) is 6.17. The first kappa shape index (κ1) is 21.0. The van der Waals surface area contributed by atoms with Crippen LogP contribution in [0.2, 0.25) is 0 Å². The number of fused-ring (bicyclic) bond motifs is 1. The molecular weight excluding hydrogens is 408 g/mol. The van der Waals surface area contributed by atoms with Crippen LogP contribution in [0.4, 0.5) is 0 Å². The van der Waals surface area contributed by atoms with Crippen LogP contribution in [0.1, 0.15) is 77.2 Å². The molecule has 1 aromatic heterocycles. The predicted octanol–water partition coefficient (Wildman–Crippen LogP) is 6.49. The molecule has 2 heterocycles. The van der Waals surface area contributed by atoms with Gasteiger partial charge in [0.1, 0.15) is 0 Å². The zero-order chi connectivity index (χ0) is 22.5. The molecule has 2 N–H and O–H groups in total. The number of nitrogens with one attached hydrogen (secondary N) is 1. The molecule has 0 amide bonds. The van der Waals surface area contributed by atoms with Gasteiger partial charge in [-0.05, 0) is 117 Å². The van der Waals surface area contributed by atoms with Crippen molar-refractivity contribution in [3.63, 3.8) is 0 Å². The normalized spacial score (nSPS) is 23.8. The Morgan fingerprint density at radius 2 is 1.85 bits per heavy atom. The summed E-state index contributed by atoms with van der Waals surface area (Å²) in [5, 5.41) is 10.7. The number of piperidine rings is 1. The zero-order valence-corrected chi connectivity index (χ0v) is 19.5. The first-order valence-electron chi connectivity index (χ1n) is 12.7. The third-order valence-corrected chi connectivity index (χ3v) is 8.40. The summed E-state index contributed by atoms with van der Waals surface area (Å²) >= 11 is 0. The molecule has 4 heteroatoms. The van der Waals surface area contributed by atoms with Crippen LogP contribution >= 0.6 is 0 Å². The summed E-state index contributed by atoms with van der Waals surface area (Å²) in [6.45, 7) is 4.32. The zero-order valence-electron chi connectivity index (χ0n) is 19.5. The SMILES string of the molecule is Cc1cc(CC2CC2)c(CN2CCC(C3CC3)C[C@H]2c2ccc(C(=O)O)cc2)c2cc[nH]c12. The Balaban J connectivity index is 1.35. The second-order valence-corrected chi connectivity index (χ2v) is 10.8. The van der Waals surface area contributed by atoms with Crippen molar-refractivity contribution in [2.24, 2.45) is 17.8 Å². The fraction of sp³-hybridized carbons (Fsp3) is 0.483. The van der Waals surface area contributed by atoms with Gasteiger partial charge in [-0.3, -0.25) is 4.90 Å². The highest BCUT2D eigenvalue weighted by atomic mass is 16.4. The van der Waals surface area contributed by atoms with Gasteiger partial charge in [-0.25, -0.2) is 4.79 Å². The average molecular weight is 443 g/mol. The van der Waals surface area contributed by atoms with Crippen LogP contribution in [0.5, 0.6) is 0 Å². The number of H-pyrrole nitrogens is 1. The molecule has 4 nitrogen and oxygen atoms in total. The highest BCUT2D eigenvalue weighted by Crippen LogP contribution is 2.47. The summed E-state index contributed by atoms with van der Waals surface area (Å²) in [4.78, 5) is 17.5. The lowest BCUT2D eigenvalue weighted by atomic mass is 9.83. The quantitative estimate of drug-likeness (QED) is 0.440. The first-order chi connectivity index (χ1) is 16.1. The molecule has 1 aliphatic heterocycles. The van der Waals surface area contributed by atoms with Crippen molar-refractivity contribution in [2.75, 3.05) is 6.54 Å². The number of aromatic amines is 1. The topological polar surface area (TPSA) is 56.3 Å². The van der Waals surface area contributed by atoms with Gasteiger partial charge in [0.05, 0.1) is 5.56 Å². The second kappa shape index (κ2) is 8.32. The summed E-state index contributed by atoms with van der Waals surface area (Å²) in [6, 6.07) is 12.7. The number of benzene rings is 2. The number of nitrogens with zero attached hydrogens (tertiary/aromatic N) is 1. The second-order valence-electron chi connectivity index (χ2n) is 10.8. The van der Waals surface area contributed by atoms with E-state index in [1.807, 2.05) is 0 Å². The van der Waals surface area contributed by atoms with Crippen LogP contribution in [0.25, 0.3) is 10.9 Å². The van der Waals surface area contributed by atoms with E-state index in [0.29, 0.717) is 11.6 Å². The van der Waals surface area contributed by atoms with E-state index in [-0.39, 0.29) is 0 Å². The summed E-state index contributed by atoms with van der Waals surface area (Å²) in [5.41, 5.74) is 7.31. The van der Waals surface area contributed by atoms with E-state index in [4.69, 9.17) is 0 Å². The molecule has 2 aliphatic carbocycles. The molecular formula is C29H34N2O2. The van der Waals surface area contributed by atoms with Crippen LogP contribution in [0, 0.1) is 24.7 Å². The predicted molar refractivity (Wildman–Crippen MR) is 131 cm³/mol. The molecule has 3 aliphatic rings. The highest BCUT2D eigenvalue weighted by molar-refractivity contribution is 5.88. The Bertz CT molecular complexity index is 1170. The van der Waals surface area contributed by atoms with Crippen molar-refractivity contribution < 1.29 is 9.90 Å². The van der Waals surface area contributed by atoms with Crippen LogP contribution in [0.3, 0.4) is 0 Å². The number of carboxylic acid groups (broad SMARTS) is 1. The number of aryl methyl sites for hydroxylation is 1. The van der Waals surface area contributed by atoms with Gasteiger partial charge < -0.3 is 10.1 Å². The highest BCUT2D eigenvalue weighted by Gasteiger charge is 2.38. The van der Waals surface area contributed by atoms with Gasteiger partial charge in [0.15, 0.2) is 0 Å². The number of aromatic carboxylic acids is 1. The average Bonchev–Trinajstić information content (AvgIpc) is 3.75. The molecule has 1 unspecified atom stereocenters. The molecule has 2 aromatic carbocycles. The Labute approximate surface area is 196 Å². The third kappa shape index (κ3) is 4.21. The molecule has 2 saturated carbocycles. The number of aromatic nitrogens is 1. The van der Waals surface area contributed by atoms with Gasteiger partial charge in [0, 0.05) is 29.7 Å². The number of hydrogen-bond donors (Lipinski definition) is 2. The van der Waals surface area contributed by atoms with Gasteiger partial charge in [0.25, 0.3) is 0 Å². The lowest BCUT2D eigenvalue weighted by Gasteiger charge is -2.40. The van der Waals surface area contributed by atoms with E-state index in [9.17, 15) is 9.90 Å². The Morgan fingerprint density at radius 3 is 2.55 bits per heavy atom. The molecule has 0 spiro atoms. The van der Waals surface area contributed by atoms with E-state index < -0.39 is 5.97 Å². The molecule has 2 atom stereocenters. The van der Waals surface area contributed by atoms with Crippen LogP contribution in [-0.2, 0) is 13.0 Å². The summed E-state index contributed by atoms with van der Waals surface area (Å²) < 4.78 is 0. The van der Waals surface area contributed by atoms with Crippen molar-refractivity contribution in [1.82, 2.24) is 9.88 Å². The van der Waals surface area contributed by atoms with E-state index >= 15 is 0 Å². The minimum atomic E-state index is -0.850. The van der Waals surface area contributed by atoms with Crippen molar-refractivity contribution in [2.45, 2.75) is 64.5 Å². The summed E-state index contributed by atoms with van der Waals surface area (Å²) in [5.74, 6) is 1.73. The number of carbonyl (C=O) groups is 1. The van der Waals surface area contributed by atoms with Gasteiger partial charge >= 0.3 is 5.97 Å². The maximum absolute atomic E-state index is 11.4. The Kier molecular flexibility index (Phi) is 5.29. The molecule has 0 bridgehead atoms. The van der Waals surface area contributed by atoms with Gasteiger partial charge in [0.2, 0.25) is 0 Å². The fourth-order valence-electron chi connectivity index (χ4n) is 6.17. The van der Waals surface area contributed by atoms with Crippen molar-refractivity contribution in [1.29, 1.82) is 0 Å². The van der Waals surface area contributed by atoms with Crippen molar-refractivity contribution in [3.8, 4) is 0 Å². The number of carboxylic acids is 1. The molecule has 0 radical (unpaired) electrons. The standard InChI is InChI=1S/C29H34N2O2/c1-18-14-24(15-19-2-3-19)26(25-10-12-30-28(18)25)17-31-13-11-23(20-4-5-20)16-27(31)21-6-8-22(9-7-21)29(32)33/h6-10,12,14,19-20,23,27,30H,2-5,11,13,15-17H2,1H3,(H,32,33)/t23?,27-/m0/s1. The number of likely N-dealkylation sites (tertiary alicyclic amines) is 1. The molecule has 33 heavy (non-hydrogen) atoms. The molecule has 1 saturated heterocycles. The van der Waals surface area contributed by atoms with E-state index in [1.54, 1.807) is 12.1 Å². The van der Waals surface area contributed by atoms with Crippen LogP contribution < -0.4 is 0 Å². The van der Waals surface area contributed by atoms with E-state index in [0.717, 1.165) is 30.8 Å². The third-order valence-electron chi connectivity index (χ3n) is 8.40. The molecule has 6 rings (SSSR count). The van der Waals surface area contributed by atoms with Gasteiger partial charge in [-0.2, -0.15) is 0 Å². The Morgan fingerprint density at radius 1 is 1.06 bits per heavy atom. The van der Waals surface area contributed by atoms with E-state index in [2.05, 4.69) is 47.3 Å². The first-order valence-corrected chi connectivity index (χ1v) is 12.7. The monoisotopic (exact) mass is 442 g/mol. The molecule has 3 aromatic rings. The van der Waals surface area contributed by atoms with Crippen LogP contribution in [-0.4, -0.2) is 27.5 Å². The Hall–Kier alpha value is -2.59. The number of hydrogen-bond acceptors (Lipinski definition) is 2. The summed E-state index contributed by atoms with van der Waals surface area (Å²) in [6.07, 6.45) is 11.3. The van der Waals surface area contributed by atoms with Gasteiger partial charge in [-0.15, -0.1) is 0 Å².